The average molecular weight is 283 g/mol. The lowest BCUT2D eigenvalue weighted by molar-refractivity contribution is 0.636. The molecule has 0 fully saturated rings. The fraction of sp³-hybridized carbons (Fsp3) is 0.444. The quantitative estimate of drug-likeness (QED) is 0.787. The lowest BCUT2D eigenvalue weighted by Gasteiger charge is -2.11. The third-order valence-electron chi connectivity index (χ3n) is 3.66. The van der Waals surface area contributed by atoms with E-state index in [-0.39, 0.29) is 0 Å². The van der Waals surface area contributed by atoms with E-state index in [1.54, 1.807) is 0 Å². The van der Waals surface area contributed by atoms with Crippen molar-refractivity contribution in [3.8, 4) is 11.4 Å². The Hall–Kier alpha value is -1.74. The molecule has 2 aromatic rings. The molecule has 3 heteroatoms. The van der Waals surface area contributed by atoms with Crippen LogP contribution in [0.15, 0.2) is 30.3 Å². The first-order chi connectivity index (χ1) is 10.2. The summed E-state index contributed by atoms with van der Waals surface area (Å²) in [7, 11) is 0. The molecule has 3 nitrogen and oxygen atoms in total. The van der Waals surface area contributed by atoms with E-state index in [4.69, 9.17) is 0 Å². The Morgan fingerprint density at radius 1 is 0.952 bits per heavy atom. The molecule has 0 spiro atoms. The normalized spacial score (nSPS) is 10.8. The summed E-state index contributed by atoms with van der Waals surface area (Å²) in [6.07, 6.45) is 3.37. The number of hydrogen-bond donors (Lipinski definition) is 1. The second-order valence-electron chi connectivity index (χ2n) is 5.42. The standard InChI is InChI=1S/C18H25N3/c1-4-12-19-13-8-11-17-14(2)20-18(21-15(17)3)16-9-6-5-7-10-16/h5-7,9-10,19H,4,8,11-13H2,1-3H3. The van der Waals surface area contributed by atoms with Crippen molar-refractivity contribution < 1.29 is 0 Å². The zero-order valence-electron chi connectivity index (χ0n) is 13.3. The molecule has 1 heterocycles. The third-order valence-corrected chi connectivity index (χ3v) is 3.66. The maximum absolute atomic E-state index is 4.69. The molecule has 0 amide bonds. The minimum atomic E-state index is 0.832. The minimum Gasteiger partial charge on any atom is -0.317 e. The van der Waals surface area contributed by atoms with Crippen LogP contribution in [0.5, 0.6) is 0 Å². The number of benzene rings is 1. The minimum absolute atomic E-state index is 0.832. The maximum atomic E-state index is 4.69. The van der Waals surface area contributed by atoms with Crippen LogP contribution < -0.4 is 5.32 Å². The molecule has 0 bridgehead atoms. The SMILES string of the molecule is CCCNCCCc1c(C)nc(-c2ccccc2)nc1C. The lowest BCUT2D eigenvalue weighted by atomic mass is 10.1. The van der Waals surface area contributed by atoms with E-state index in [1.165, 1.54) is 12.0 Å². The summed E-state index contributed by atoms with van der Waals surface area (Å²) < 4.78 is 0. The number of rotatable bonds is 7. The zero-order valence-corrected chi connectivity index (χ0v) is 13.3. The van der Waals surface area contributed by atoms with Crippen LogP contribution in [0.25, 0.3) is 11.4 Å². The number of nitrogens with zero attached hydrogens (tertiary/aromatic N) is 2. The van der Waals surface area contributed by atoms with Crippen LogP contribution in [-0.2, 0) is 6.42 Å². The molecular weight excluding hydrogens is 258 g/mol. The molecular formula is C18H25N3. The zero-order chi connectivity index (χ0) is 15.1. The molecule has 2 rings (SSSR count). The van der Waals surface area contributed by atoms with Gasteiger partial charge in [-0.3, -0.25) is 0 Å². The molecule has 1 aromatic carbocycles. The highest BCUT2D eigenvalue weighted by Gasteiger charge is 2.09. The Labute approximate surface area is 127 Å². The topological polar surface area (TPSA) is 37.8 Å². The van der Waals surface area contributed by atoms with Gasteiger partial charge in [0.25, 0.3) is 0 Å². The van der Waals surface area contributed by atoms with Gasteiger partial charge in [0.05, 0.1) is 0 Å². The highest BCUT2D eigenvalue weighted by atomic mass is 14.9. The van der Waals surface area contributed by atoms with Crippen molar-refractivity contribution in [2.24, 2.45) is 0 Å². The van der Waals surface area contributed by atoms with Gasteiger partial charge >= 0.3 is 0 Å². The molecule has 0 unspecified atom stereocenters. The Morgan fingerprint density at radius 3 is 2.24 bits per heavy atom. The van der Waals surface area contributed by atoms with Crippen molar-refractivity contribution >= 4 is 0 Å². The molecule has 0 saturated heterocycles. The number of aromatic nitrogens is 2. The second-order valence-corrected chi connectivity index (χ2v) is 5.42. The Kier molecular flexibility index (Phi) is 5.88. The highest BCUT2D eigenvalue weighted by molar-refractivity contribution is 5.55. The van der Waals surface area contributed by atoms with Crippen LogP contribution in [0, 0.1) is 13.8 Å². The van der Waals surface area contributed by atoms with Crippen LogP contribution in [0.1, 0.15) is 36.7 Å². The molecule has 0 aliphatic rings. The summed E-state index contributed by atoms with van der Waals surface area (Å²) in [5, 5.41) is 3.44. The fourth-order valence-electron chi connectivity index (χ4n) is 2.51. The van der Waals surface area contributed by atoms with Gasteiger partial charge in [0.1, 0.15) is 0 Å². The molecule has 112 valence electrons. The van der Waals surface area contributed by atoms with Gasteiger partial charge in [-0.2, -0.15) is 0 Å². The third kappa shape index (κ3) is 4.36. The van der Waals surface area contributed by atoms with Crippen molar-refractivity contribution in [2.75, 3.05) is 13.1 Å². The largest absolute Gasteiger partial charge is 0.317 e. The highest BCUT2D eigenvalue weighted by Crippen LogP contribution is 2.19. The summed E-state index contributed by atoms with van der Waals surface area (Å²) in [5.74, 6) is 0.832. The van der Waals surface area contributed by atoms with Crippen molar-refractivity contribution in [3.05, 3.63) is 47.3 Å². The molecule has 0 aliphatic heterocycles. The van der Waals surface area contributed by atoms with Crippen molar-refractivity contribution in [3.63, 3.8) is 0 Å². The summed E-state index contributed by atoms with van der Waals surface area (Å²) in [6, 6.07) is 10.2. The van der Waals surface area contributed by atoms with Gasteiger partial charge in [-0.25, -0.2) is 9.97 Å². The first-order valence-electron chi connectivity index (χ1n) is 7.82. The van der Waals surface area contributed by atoms with Gasteiger partial charge < -0.3 is 5.32 Å². The van der Waals surface area contributed by atoms with Crippen LogP contribution in [0.3, 0.4) is 0 Å². The summed E-state index contributed by atoms with van der Waals surface area (Å²) >= 11 is 0. The Morgan fingerprint density at radius 2 is 1.62 bits per heavy atom. The number of hydrogen-bond acceptors (Lipinski definition) is 3. The smallest absolute Gasteiger partial charge is 0.159 e. The first kappa shape index (κ1) is 15.6. The van der Waals surface area contributed by atoms with Crippen LogP contribution >= 0.6 is 0 Å². The molecule has 1 aromatic heterocycles. The van der Waals surface area contributed by atoms with Gasteiger partial charge in [-0.05, 0) is 51.8 Å². The monoisotopic (exact) mass is 283 g/mol. The van der Waals surface area contributed by atoms with E-state index < -0.39 is 0 Å². The van der Waals surface area contributed by atoms with Gasteiger partial charge in [0, 0.05) is 17.0 Å². The molecule has 0 radical (unpaired) electrons. The van der Waals surface area contributed by atoms with E-state index in [0.717, 1.165) is 48.7 Å². The van der Waals surface area contributed by atoms with Gasteiger partial charge in [-0.15, -0.1) is 0 Å². The number of aryl methyl sites for hydroxylation is 2. The summed E-state index contributed by atoms with van der Waals surface area (Å²) in [4.78, 5) is 9.38. The van der Waals surface area contributed by atoms with Gasteiger partial charge in [-0.1, -0.05) is 37.3 Å². The van der Waals surface area contributed by atoms with Gasteiger partial charge in [0.15, 0.2) is 5.82 Å². The summed E-state index contributed by atoms with van der Waals surface area (Å²) in [6.45, 7) is 8.54. The van der Waals surface area contributed by atoms with E-state index in [9.17, 15) is 0 Å². The molecule has 0 saturated carbocycles. The second kappa shape index (κ2) is 7.89. The van der Waals surface area contributed by atoms with Crippen molar-refractivity contribution in [1.29, 1.82) is 0 Å². The van der Waals surface area contributed by atoms with E-state index in [2.05, 4.69) is 48.2 Å². The average Bonchev–Trinajstić information content (AvgIpc) is 2.50. The summed E-state index contributed by atoms with van der Waals surface area (Å²) in [5.41, 5.74) is 4.60. The molecule has 0 aliphatic carbocycles. The van der Waals surface area contributed by atoms with Crippen LogP contribution in [-0.4, -0.2) is 23.1 Å². The van der Waals surface area contributed by atoms with E-state index in [1.807, 2.05) is 18.2 Å². The maximum Gasteiger partial charge on any atom is 0.159 e. The predicted molar refractivity (Wildman–Crippen MR) is 88.4 cm³/mol. The van der Waals surface area contributed by atoms with Crippen molar-refractivity contribution in [1.82, 2.24) is 15.3 Å². The number of nitrogens with one attached hydrogen (secondary N) is 1. The lowest BCUT2D eigenvalue weighted by Crippen LogP contribution is -2.17. The van der Waals surface area contributed by atoms with E-state index in [0.29, 0.717) is 0 Å². The fourth-order valence-corrected chi connectivity index (χ4v) is 2.51. The molecule has 1 N–H and O–H groups in total. The molecule has 21 heavy (non-hydrogen) atoms. The van der Waals surface area contributed by atoms with Gasteiger partial charge in [0.2, 0.25) is 0 Å². The Balaban J connectivity index is 2.07. The first-order valence-corrected chi connectivity index (χ1v) is 7.82. The van der Waals surface area contributed by atoms with Crippen LogP contribution in [0.2, 0.25) is 0 Å². The van der Waals surface area contributed by atoms with Crippen LogP contribution in [0.4, 0.5) is 0 Å². The van der Waals surface area contributed by atoms with Crippen molar-refractivity contribution in [2.45, 2.75) is 40.0 Å². The van der Waals surface area contributed by atoms with E-state index >= 15 is 0 Å². The molecule has 0 atom stereocenters. The predicted octanol–water partition coefficient (Wildman–Crippen LogP) is 3.69. The Bertz CT molecular complexity index is 541.